The van der Waals surface area contributed by atoms with Gasteiger partial charge in [0.05, 0.1) is 5.69 Å². The van der Waals surface area contributed by atoms with Crippen molar-refractivity contribution in [3.05, 3.63) is 63.5 Å². The second kappa shape index (κ2) is 5.94. The minimum atomic E-state index is 0.0229. The fourth-order valence-corrected chi connectivity index (χ4v) is 4.86. The largest absolute Gasteiger partial charge is 0.294 e. The molecule has 2 aliphatic rings. The third kappa shape index (κ3) is 2.65. The normalized spacial score (nSPS) is 21.8. The standard InChI is InChI=1S/C23H28N2O/c1-13(2)22-21-17(24-25-22)10-15-11-23(4,5)12-18(26)19(15)20(21)16-9-7-6-8-14(16)3/h6-9,13,20H,10-12H2,1-5H3,(H,24,25). The molecule has 136 valence electrons. The van der Waals surface area contributed by atoms with Crippen molar-refractivity contribution in [2.24, 2.45) is 5.41 Å². The number of hydrogen-bond donors (Lipinski definition) is 1. The van der Waals surface area contributed by atoms with Crippen LogP contribution >= 0.6 is 0 Å². The summed E-state index contributed by atoms with van der Waals surface area (Å²) in [5.74, 6) is 0.680. The number of nitrogens with one attached hydrogen (secondary N) is 1. The molecule has 0 saturated carbocycles. The Hall–Kier alpha value is -2.16. The number of Topliss-reactive ketones (excluding diaryl/α,β-unsaturated/α-hetero) is 1. The summed E-state index contributed by atoms with van der Waals surface area (Å²) in [5.41, 5.74) is 8.46. The third-order valence-electron chi connectivity index (χ3n) is 5.94. The zero-order chi connectivity index (χ0) is 18.6. The van der Waals surface area contributed by atoms with Gasteiger partial charge < -0.3 is 0 Å². The number of fused-ring (bicyclic) bond motifs is 1. The van der Waals surface area contributed by atoms with Crippen LogP contribution in [0, 0.1) is 12.3 Å². The van der Waals surface area contributed by atoms with E-state index in [1.165, 1.54) is 28.0 Å². The number of rotatable bonds is 2. The summed E-state index contributed by atoms with van der Waals surface area (Å²) in [6, 6.07) is 8.49. The molecule has 0 spiro atoms. The van der Waals surface area contributed by atoms with Crippen LogP contribution in [0.4, 0.5) is 0 Å². The van der Waals surface area contributed by atoms with E-state index in [9.17, 15) is 4.79 Å². The molecule has 1 atom stereocenters. The maximum Gasteiger partial charge on any atom is 0.160 e. The van der Waals surface area contributed by atoms with E-state index in [1.807, 2.05) is 0 Å². The number of nitrogens with zero attached hydrogens (tertiary/aromatic N) is 1. The van der Waals surface area contributed by atoms with Gasteiger partial charge in [-0.25, -0.2) is 0 Å². The average Bonchev–Trinajstić information content (AvgIpc) is 2.96. The van der Waals surface area contributed by atoms with Crippen molar-refractivity contribution in [2.45, 2.75) is 65.7 Å². The predicted octanol–water partition coefficient (Wildman–Crippen LogP) is 5.22. The first-order valence-electron chi connectivity index (χ1n) is 9.66. The first-order valence-corrected chi connectivity index (χ1v) is 9.66. The van der Waals surface area contributed by atoms with Crippen LogP contribution in [0.5, 0.6) is 0 Å². The lowest BCUT2D eigenvalue weighted by molar-refractivity contribution is -0.118. The van der Waals surface area contributed by atoms with Crippen molar-refractivity contribution in [1.29, 1.82) is 0 Å². The lowest BCUT2D eigenvalue weighted by atomic mass is 9.64. The average molecular weight is 348 g/mol. The van der Waals surface area contributed by atoms with Crippen molar-refractivity contribution >= 4 is 5.78 Å². The van der Waals surface area contributed by atoms with Crippen molar-refractivity contribution in [3.8, 4) is 0 Å². The van der Waals surface area contributed by atoms with Gasteiger partial charge in [-0.15, -0.1) is 0 Å². The molecule has 26 heavy (non-hydrogen) atoms. The van der Waals surface area contributed by atoms with E-state index in [0.717, 1.165) is 24.1 Å². The van der Waals surface area contributed by atoms with E-state index in [4.69, 9.17) is 0 Å². The molecule has 1 aromatic heterocycles. The zero-order valence-corrected chi connectivity index (χ0v) is 16.4. The van der Waals surface area contributed by atoms with Crippen molar-refractivity contribution < 1.29 is 4.79 Å². The fraction of sp³-hybridized carbons (Fsp3) is 0.478. The lowest BCUT2D eigenvalue weighted by Crippen LogP contribution is -2.32. The monoisotopic (exact) mass is 348 g/mol. The van der Waals surface area contributed by atoms with Gasteiger partial charge in [0.1, 0.15) is 0 Å². The summed E-state index contributed by atoms with van der Waals surface area (Å²) in [5, 5.41) is 7.97. The molecule has 0 saturated heterocycles. The number of benzene rings is 1. The minimum absolute atomic E-state index is 0.0229. The molecule has 3 nitrogen and oxygen atoms in total. The number of aromatic amines is 1. The highest BCUT2D eigenvalue weighted by atomic mass is 16.1. The van der Waals surface area contributed by atoms with Gasteiger partial charge >= 0.3 is 0 Å². The summed E-state index contributed by atoms with van der Waals surface area (Å²) in [4.78, 5) is 13.3. The van der Waals surface area contributed by atoms with E-state index in [0.29, 0.717) is 18.1 Å². The lowest BCUT2D eigenvalue weighted by Gasteiger charge is -2.38. The maximum atomic E-state index is 13.3. The molecule has 1 N–H and O–H groups in total. The molecule has 2 aromatic rings. The van der Waals surface area contributed by atoms with Gasteiger partial charge in [0.2, 0.25) is 0 Å². The van der Waals surface area contributed by atoms with Gasteiger partial charge in [-0.3, -0.25) is 9.89 Å². The molecule has 2 aliphatic carbocycles. The van der Waals surface area contributed by atoms with Gasteiger partial charge in [-0.2, -0.15) is 5.10 Å². The Morgan fingerprint density at radius 2 is 1.92 bits per heavy atom. The highest BCUT2D eigenvalue weighted by Crippen LogP contribution is 2.50. The molecule has 1 aromatic carbocycles. The number of hydrogen-bond acceptors (Lipinski definition) is 2. The summed E-state index contributed by atoms with van der Waals surface area (Å²) in [6.45, 7) is 10.9. The number of aryl methyl sites for hydroxylation is 1. The minimum Gasteiger partial charge on any atom is -0.294 e. The quantitative estimate of drug-likeness (QED) is 0.809. The number of ketones is 1. The van der Waals surface area contributed by atoms with Crippen LogP contribution in [0.3, 0.4) is 0 Å². The highest BCUT2D eigenvalue weighted by Gasteiger charge is 2.42. The second-order valence-corrected chi connectivity index (χ2v) is 9.08. The van der Waals surface area contributed by atoms with Gasteiger partial charge in [-0.1, -0.05) is 57.5 Å². The molecular formula is C23H28N2O. The van der Waals surface area contributed by atoms with Crippen LogP contribution in [0.1, 0.15) is 80.5 Å². The first-order chi connectivity index (χ1) is 12.3. The van der Waals surface area contributed by atoms with E-state index < -0.39 is 0 Å². The number of carbonyl (C=O) groups is 1. The molecule has 1 heterocycles. The first kappa shape index (κ1) is 17.3. The molecule has 0 fully saturated rings. The van der Waals surface area contributed by atoms with Gasteiger partial charge in [-0.05, 0) is 35.8 Å². The number of H-pyrrole nitrogens is 1. The molecule has 3 heteroatoms. The highest BCUT2D eigenvalue weighted by molar-refractivity contribution is 6.00. The van der Waals surface area contributed by atoms with Crippen LogP contribution in [-0.4, -0.2) is 16.0 Å². The Kier molecular flexibility index (Phi) is 3.94. The van der Waals surface area contributed by atoms with E-state index in [-0.39, 0.29) is 11.3 Å². The Labute approximate surface area is 155 Å². The SMILES string of the molecule is Cc1ccccc1C1C2=C(Cc3[nH]nc(C(C)C)c31)CC(C)(C)CC2=O. The molecule has 0 radical (unpaired) electrons. The number of aromatic nitrogens is 2. The Bertz CT molecular complexity index is 914. The number of carbonyl (C=O) groups excluding carboxylic acids is 1. The van der Waals surface area contributed by atoms with Crippen molar-refractivity contribution in [1.82, 2.24) is 10.2 Å². The maximum absolute atomic E-state index is 13.3. The fourth-order valence-electron chi connectivity index (χ4n) is 4.86. The predicted molar refractivity (Wildman–Crippen MR) is 104 cm³/mol. The summed E-state index contributed by atoms with van der Waals surface area (Å²) >= 11 is 0. The third-order valence-corrected chi connectivity index (χ3v) is 5.94. The van der Waals surface area contributed by atoms with Crippen LogP contribution < -0.4 is 0 Å². The molecule has 0 bridgehead atoms. The van der Waals surface area contributed by atoms with Crippen LogP contribution in [0.2, 0.25) is 0 Å². The van der Waals surface area contributed by atoms with Crippen molar-refractivity contribution in [3.63, 3.8) is 0 Å². The number of allylic oxidation sites excluding steroid dienone is 2. The Morgan fingerprint density at radius 1 is 1.19 bits per heavy atom. The van der Waals surface area contributed by atoms with Gasteiger partial charge in [0.15, 0.2) is 5.78 Å². The molecule has 4 rings (SSSR count). The smallest absolute Gasteiger partial charge is 0.160 e. The summed E-state index contributed by atoms with van der Waals surface area (Å²) in [6.07, 6.45) is 2.46. The molecule has 1 unspecified atom stereocenters. The topological polar surface area (TPSA) is 45.8 Å². The Balaban J connectivity index is 1.98. The van der Waals surface area contributed by atoms with E-state index in [2.05, 4.69) is 69.1 Å². The van der Waals surface area contributed by atoms with Gasteiger partial charge in [0.25, 0.3) is 0 Å². The van der Waals surface area contributed by atoms with Crippen LogP contribution in [-0.2, 0) is 11.2 Å². The Morgan fingerprint density at radius 3 is 2.62 bits per heavy atom. The second-order valence-electron chi connectivity index (χ2n) is 9.08. The van der Waals surface area contributed by atoms with Crippen LogP contribution in [0.15, 0.2) is 35.4 Å². The molecular weight excluding hydrogens is 320 g/mol. The molecule has 0 aliphatic heterocycles. The summed E-state index contributed by atoms with van der Waals surface area (Å²) in [7, 11) is 0. The zero-order valence-electron chi connectivity index (χ0n) is 16.4. The summed E-state index contributed by atoms with van der Waals surface area (Å²) < 4.78 is 0. The van der Waals surface area contributed by atoms with E-state index in [1.54, 1.807) is 0 Å². The van der Waals surface area contributed by atoms with Crippen LogP contribution in [0.25, 0.3) is 0 Å². The van der Waals surface area contributed by atoms with Crippen molar-refractivity contribution in [2.75, 3.05) is 0 Å². The van der Waals surface area contributed by atoms with Gasteiger partial charge in [0, 0.05) is 35.6 Å². The molecule has 0 amide bonds. The van der Waals surface area contributed by atoms with E-state index >= 15 is 0 Å².